The summed E-state index contributed by atoms with van der Waals surface area (Å²) in [4.78, 5) is 2.54. The van der Waals surface area contributed by atoms with E-state index in [4.69, 9.17) is 4.74 Å². The number of methoxy groups -OCH3 is 1. The molecule has 0 aromatic heterocycles. The second-order valence-corrected chi connectivity index (χ2v) is 4.44. The Kier molecular flexibility index (Phi) is 4.74. The number of nitrogens with zero attached hydrogens (tertiary/aromatic N) is 1. The topological polar surface area (TPSA) is 12.5 Å². The van der Waals surface area contributed by atoms with E-state index in [1.807, 2.05) is 0 Å². The summed E-state index contributed by atoms with van der Waals surface area (Å²) in [6, 6.07) is 0. The van der Waals surface area contributed by atoms with Gasteiger partial charge in [-0.1, -0.05) is 13.8 Å². The first-order valence-corrected chi connectivity index (χ1v) is 5.45. The molecule has 2 heteroatoms. The monoisotopic (exact) mass is 185 g/mol. The van der Waals surface area contributed by atoms with Gasteiger partial charge in [0.2, 0.25) is 0 Å². The Hall–Kier alpha value is -0.0800. The van der Waals surface area contributed by atoms with Crippen molar-refractivity contribution in [3.63, 3.8) is 0 Å². The van der Waals surface area contributed by atoms with Gasteiger partial charge in [0.1, 0.15) is 0 Å². The summed E-state index contributed by atoms with van der Waals surface area (Å²) in [5.41, 5.74) is 0. The first kappa shape index (κ1) is 11.0. The predicted octanol–water partition coefficient (Wildman–Crippen LogP) is 2.00. The largest absolute Gasteiger partial charge is 0.383 e. The molecule has 0 bridgehead atoms. The van der Waals surface area contributed by atoms with Crippen LogP contribution in [0.4, 0.5) is 0 Å². The molecule has 1 atom stereocenters. The summed E-state index contributed by atoms with van der Waals surface area (Å²) >= 11 is 0. The fraction of sp³-hybridized carbons (Fsp3) is 1.00. The fourth-order valence-electron chi connectivity index (χ4n) is 2.06. The van der Waals surface area contributed by atoms with Gasteiger partial charge >= 0.3 is 0 Å². The molecule has 1 unspecified atom stereocenters. The quantitative estimate of drug-likeness (QED) is 0.664. The molecule has 1 heterocycles. The van der Waals surface area contributed by atoms with Crippen LogP contribution in [-0.2, 0) is 4.74 Å². The molecule has 1 fully saturated rings. The van der Waals surface area contributed by atoms with Crippen LogP contribution in [0.25, 0.3) is 0 Å². The van der Waals surface area contributed by atoms with Gasteiger partial charge in [0.05, 0.1) is 6.61 Å². The smallest absolute Gasteiger partial charge is 0.0589 e. The van der Waals surface area contributed by atoms with Crippen LogP contribution in [0.3, 0.4) is 0 Å². The SMILES string of the molecule is COCCN1CCCC(C(C)C)C1. The average molecular weight is 185 g/mol. The standard InChI is InChI=1S/C11H23NO/c1-10(2)11-5-4-6-12(9-11)7-8-13-3/h10-11H,4-9H2,1-3H3. The van der Waals surface area contributed by atoms with Crippen molar-refractivity contribution in [1.29, 1.82) is 0 Å². The maximum absolute atomic E-state index is 5.10. The maximum atomic E-state index is 5.10. The minimum Gasteiger partial charge on any atom is -0.383 e. The molecule has 0 amide bonds. The van der Waals surface area contributed by atoms with Crippen LogP contribution in [0.1, 0.15) is 26.7 Å². The van der Waals surface area contributed by atoms with Gasteiger partial charge in [-0.15, -0.1) is 0 Å². The molecule has 0 aromatic rings. The number of ether oxygens (including phenoxy) is 1. The van der Waals surface area contributed by atoms with Crippen LogP contribution in [0, 0.1) is 11.8 Å². The highest BCUT2D eigenvalue weighted by molar-refractivity contribution is 4.74. The maximum Gasteiger partial charge on any atom is 0.0589 e. The van der Waals surface area contributed by atoms with Gasteiger partial charge in [-0.2, -0.15) is 0 Å². The van der Waals surface area contributed by atoms with Crippen molar-refractivity contribution >= 4 is 0 Å². The zero-order valence-electron chi connectivity index (χ0n) is 9.25. The van der Waals surface area contributed by atoms with Gasteiger partial charge in [-0.3, -0.25) is 0 Å². The van der Waals surface area contributed by atoms with E-state index in [0.717, 1.165) is 25.0 Å². The van der Waals surface area contributed by atoms with E-state index in [-0.39, 0.29) is 0 Å². The van der Waals surface area contributed by atoms with E-state index < -0.39 is 0 Å². The molecule has 0 saturated carbocycles. The lowest BCUT2D eigenvalue weighted by Crippen LogP contribution is -2.39. The van der Waals surface area contributed by atoms with Crippen LogP contribution >= 0.6 is 0 Å². The van der Waals surface area contributed by atoms with Gasteiger partial charge in [-0.05, 0) is 31.2 Å². The minimum absolute atomic E-state index is 0.838. The Bertz CT molecular complexity index is 136. The van der Waals surface area contributed by atoms with Crippen molar-refractivity contribution < 1.29 is 4.74 Å². The first-order chi connectivity index (χ1) is 6.24. The van der Waals surface area contributed by atoms with Crippen molar-refractivity contribution in [1.82, 2.24) is 4.90 Å². The van der Waals surface area contributed by atoms with E-state index in [1.54, 1.807) is 7.11 Å². The molecule has 1 aliphatic rings. The molecule has 0 spiro atoms. The lowest BCUT2D eigenvalue weighted by Gasteiger charge is -2.34. The number of hydrogen-bond acceptors (Lipinski definition) is 2. The molecule has 1 saturated heterocycles. The van der Waals surface area contributed by atoms with E-state index in [2.05, 4.69) is 18.7 Å². The second-order valence-electron chi connectivity index (χ2n) is 4.44. The summed E-state index contributed by atoms with van der Waals surface area (Å²) in [7, 11) is 1.78. The molecule has 0 N–H and O–H groups in total. The van der Waals surface area contributed by atoms with Gasteiger partial charge < -0.3 is 9.64 Å². The van der Waals surface area contributed by atoms with Crippen LogP contribution in [-0.4, -0.2) is 38.3 Å². The molecule has 0 aliphatic carbocycles. The van der Waals surface area contributed by atoms with E-state index >= 15 is 0 Å². The normalized spacial score (nSPS) is 25.4. The Labute approximate surface area is 82.3 Å². The summed E-state index contributed by atoms with van der Waals surface area (Å²) in [5.74, 6) is 1.75. The zero-order chi connectivity index (χ0) is 9.68. The number of hydrogen-bond donors (Lipinski definition) is 0. The van der Waals surface area contributed by atoms with Crippen molar-refractivity contribution in [3.05, 3.63) is 0 Å². The third kappa shape index (κ3) is 3.65. The number of piperidine rings is 1. The lowest BCUT2D eigenvalue weighted by atomic mass is 9.88. The fourth-order valence-corrected chi connectivity index (χ4v) is 2.06. The minimum atomic E-state index is 0.838. The Morgan fingerprint density at radius 1 is 1.46 bits per heavy atom. The molecule has 2 nitrogen and oxygen atoms in total. The third-order valence-electron chi connectivity index (χ3n) is 3.10. The zero-order valence-corrected chi connectivity index (χ0v) is 9.25. The van der Waals surface area contributed by atoms with Crippen molar-refractivity contribution in [2.75, 3.05) is 33.4 Å². The third-order valence-corrected chi connectivity index (χ3v) is 3.10. The van der Waals surface area contributed by atoms with Gasteiger partial charge in [0.25, 0.3) is 0 Å². The van der Waals surface area contributed by atoms with Crippen LogP contribution in [0.2, 0.25) is 0 Å². The van der Waals surface area contributed by atoms with Crippen molar-refractivity contribution in [2.24, 2.45) is 11.8 Å². The number of likely N-dealkylation sites (tertiary alicyclic amines) is 1. The molecular weight excluding hydrogens is 162 g/mol. The van der Waals surface area contributed by atoms with Crippen LogP contribution < -0.4 is 0 Å². The van der Waals surface area contributed by atoms with E-state index in [0.29, 0.717) is 0 Å². The Morgan fingerprint density at radius 2 is 2.23 bits per heavy atom. The summed E-state index contributed by atoms with van der Waals surface area (Å²) in [6.45, 7) is 9.22. The average Bonchev–Trinajstić information content (AvgIpc) is 2.15. The van der Waals surface area contributed by atoms with Gasteiger partial charge in [-0.25, -0.2) is 0 Å². The van der Waals surface area contributed by atoms with Crippen molar-refractivity contribution in [3.8, 4) is 0 Å². The Balaban J connectivity index is 2.25. The predicted molar refractivity (Wildman–Crippen MR) is 55.9 cm³/mol. The van der Waals surface area contributed by atoms with E-state index in [9.17, 15) is 0 Å². The lowest BCUT2D eigenvalue weighted by molar-refractivity contribution is 0.101. The summed E-state index contributed by atoms with van der Waals surface area (Å²) < 4.78 is 5.10. The first-order valence-electron chi connectivity index (χ1n) is 5.45. The highest BCUT2D eigenvalue weighted by Crippen LogP contribution is 2.22. The molecule has 13 heavy (non-hydrogen) atoms. The second kappa shape index (κ2) is 5.61. The highest BCUT2D eigenvalue weighted by atomic mass is 16.5. The summed E-state index contributed by atoms with van der Waals surface area (Å²) in [6.07, 6.45) is 2.79. The molecule has 0 radical (unpaired) electrons. The van der Waals surface area contributed by atoms with Gasteiger partial charge in [0, 0.05) is 20.2 Å². The molecular formula is C11H23NO. The Morgan fingerprint density at radius 3 is 2.85 bits per heavy atom. The van der Waals surface area contributed by atoms with Crippen LogP contribution in [0.5, 0.6) is 0 Å². The van der Waals surface area contributed by atoms with Crippen LogP contribution in [0.15, 0.2) is 0 Å². The van der Waals surface area contributed by atoms with Gasteiger partial charge in [0.15, 0.2) is 0 Å². The van der Waals surface area contributed by atoms with E-state index in [1.165, 1.54) is 25.9 Å². The van der Waals surface area contributed by atoms with Crippen molar-refractivity contribution in [2.45, 2.75) is 26.7 Å². The molecule has 0 aromatic carbocycles. The summed E-state index contributed by atoms with van der Waals surface area (Å²) in [5, 5.41) is 0. The molecule has 1 rings (SSSR count). The molecule has 1 aliphatic heterocycles. The molecule has 78 valence electrons. The highest BCUT2D eigenvalue weighted by Gasteiger charge is 2.21. The number of rotatable bonds is 4.